The molecular formula is C29H21BrClN3O6S. The fraction of sp³-hybridized carbons (Fsp3) is 0.103. The second kappa shape index (κ2) is 11.4. The molecule has 41 heavy (non-hydrogen) atoms. The summed E-state index contributed by atoms with van der Waals surface area (Å²) in [6, 6.07) is 18.6. The molecule has 0 saturated carbocycles. The van der Waals surface area contributed by atoms with E-state index in [9.17, 15) is 18.0 Å². The van der Waals surface area contributed by atoms with Crippen molar-refractivity contribution in [3.8, 4) is 5.75 Å². The zero-order valence-electron chi connectivity index (χ0n) is 21.6. The Hall–Kier alpha value is -4.06. The third-order valence-electron chi connectivity index (χ3n) is 6.28. The van der Waals surface area contributed by atoms with E-state index in [2.05, 4.69) is 31.2 Å². The molecule has 0 aliphatic heterocycles. The van der Waals surface area contributed by atoms with Crippen molar-refractivity contribution in [1.82, 2.24) is 9.97 Å². The van der Waals surface area contributed by atoms with Crippen LogP contribution < -0.4 is 10.1 Å². The molecule has 0 atom stereocenters. The minimum Gasteiger partial charge on any atom is -0.496 e. The number of furan rings is 1. The molecule has 12 heteroatoms. The van der Waals surface area contributed by atoms with E-state index in [1.54, 1.807) is 73.7 Å². The van der Waals surface area contributed by atoms with Crippen LogP contribution in [0, 0.1) is 6.92 Å². The minimum atomic E-state index is -4.02. The molecule has 0 unspecified atom stereocenters. The van der Waals surface area contributed by atoms with Gasteiger partial charge in [0.15, 0.2) is 11.5 Å². The van der Waals surface area contributed by atoms with E-state index in [0.29, 0.717) is 26.8 Å². The van der Waals surface area contributed by atoms with E-state index in [1.807, 2.05) is 0 Å². The fourth-order valence-electron chi connectivity index (χ4n) is 4.14. The molecule has 9 nitrogen and oxygen atoms in total. The highest BCUT2D eigenvalue weighted by Gasteiger charge is 2.27. The van der Waals surface area contributed by atoms with E-state index in [4.69, 9.17) is 20.8 Å². The number of methoxy groups -OCH3 is 1. The summed E-state index contributed by atoms with van der Waals surface area (Å²) < 4.78 is 37.9. The number of aryl methyl sites for hydroxylation is 1. The Kier molecular flexibility index (Phi) is 7.94. The first-order valence-corrected chi connectivity index (χ1v) is 14.9. The van der Waals surface area contributed by atoms with Gasteiger partial charge in [-0.25, -0.2) is 18.4 Å². The molecule has 1 amide bonds. The number of rotatable bonds is 8. The molecule has 0 fully saturated rings. The number of nitrogens with one attached hydrogen (secondary N) is 1. The summed E-state index contributed by atoms with van der Waals surface area (Å²) >= 11 is 9.61. The molecule has 0 spiro atoms. The zero-order valence-corrected chi connectivity index (χ0v) is 24.8. The summed E-state index contributed by atoms with van der Waals surface area (Å²) in [6.45, 7) is 1.80. The number of para-hydroxylation sites is 1. The SMILES string of the molecule is COc1ccc(C(=O)c2oc3ccccc3c2NC(=O)c2nc(S(=O)(=O)Cc3ccccc3C)ncc2Cl)cc1Br. The van der Waals surface area contributed by atoms with Crippen LogP contribution in [0.3, 0.4) is 0 Å². The highest BCUT2D eigenvalue weighted by Crippen LogP contribution is 2.34. The number of anilines is 1. The van der Waals surface area contributed by atoms with Crippen molar-refractivity contribution < 1.29 is 27.2 Å². The Morgan fingerprint density at radius 1 is 1.07 bits per heavy atom. The van der Waals surface area contributed by atoms with E-state index >= 15 is 0 Å². The van der Waals surface area contributed by atoms with Gasteiger partial charge in [-0.3, -0.25) is 9.59 Å². The number of ether oxygens (including phenoxy) is 1. The summed E-state index contributed by atoms with van der Waals surface area (Å²) in [7, 11) is -2.51. The number of carbonyl (C=O) groups excluding carboxylic acids is 2. The monoisotopic (exact) mass is 653 g/mol. The van der Waals surface area contributed by atoms with Crippen molar-refractivity contribution >= 4 is 65.7 Å². The number of hydrogen-bond donors (Lipinski definition) is 1. The van der Waals surface area contributed by atoms with E-state index in [1.165, 1.54) is 7.11 Å². The van der Waals surface area contributed by atoms with E-state index in [-0.39, 0.29) is 33.5 Å². The van der Waals surface area contributed by atoms with E-state index < -0.39 is 26.7 Å². The average Bonchev–Trinajstić information content (AvgIpc) is 3.32. The smallest absolute Gasteiger partial charge is 0.276 e. The Bertz CT molecular complexity index is 1940. The molecule has 0 saturated heterocycles. The maximum absolute atomic E-state index is 13.5. The number of ketones is 1. The van der Waals surface area contributed by atoms with Crippen LogP contribution in [-0.4, -0.2) is 37.2 Å². The second-order valence-corrected chi connectivity index (χ2v) is 12.1. The molecule has 5 aromatic rings. The van der Waals surface area contributed by atoms with Crippen LogP contribution in [0.15, 0.2) is 87.0 Å². The third-order valence-corrected chi connectivity index (χ3v) is 8.62. The minimum absolute atomic E-state index is 0.0848. The standard InChI is InChI=1S/C29H21BrClN3O6S/c1-16-7-3-4-8-18(16)15-41(37,38)29-32-14-21(31)25(34-29)28(36)33-24-19-9-5-6-10-22(19)40-27(24)26(35)17-11-12-23(39-2)20(30)13-17/h3-14H,15H2,1-2H3,(H,33,36). The van der Waals surface area contributed by atoms with Crippen LogP contribution in [-0.2, 0) is 15.6 Å². The molecule has 2 aromatic heterocycles. The maximum atomic E-state index is 13.5. The fourth-order valence-corrected chi connectivity index (χ4v) is 6.17. The average molecular weight is 655 g/mol. The predicted molar refractivity (Wildman–Crippen MR) is 157 cm³/mol. The highest BCUT2D eigenvalue weighted by molar-refractivity contribution is 9.10. The number of hydrogen-bond acceptors (Lipinski definition) is 8. The molecule has 5 rings (SSSR count). The lowest BCUT2D eigenvalue weighted by atomic mass is 10.1. The van der Waals surface area contributed by atoms with Crippen LogP contribution in [0.5, 0.6) is 5.75 Å². The molecular weight excluding hydrogens is 634 g/mol. The first-order valence-electron chi connectivity index (χ1n) is 12.1. The van der Waals surface area contributed by atoms with Gasteiger partial charge in [-0.2, -0.15) is 0 Å². The Balaban J connectivity index is 1.51. The van der Waals surface area contributed by atoms with Gasteiger partial charge in [0.05, 0.1) is 34.2 Å². The van der Waals surface area contributed by atoms with Gasteiger partial charge in [0.2, 0.25) is 20.8 Å². The molecule has 2 heterocycles. The van der Waals surface area contributed by atoms with Gasteiger partial charge in [0, 0.05) is 10.9 Å². The largest absolute Gasteiger partial charge is 0.496 e. The number of sulfone groups is 1. The molecule has 0 aliphatic carbocycles. The van der Waals surface area contributed by atoms with Gasteiger partial charge < -0.3 is 14.5 Å². The van der Waals surface area contributed by atoms with Crippen molar-refractivity contribution in [2.45, 2.75) is 17.8 Å². The number of fused-ring (bicyclic) bond motifs is 1. The highest BCUT2D eigenvalue weighted by atomic mass is 79.9. The van der Waals surface area contributed by atoms with Crippen molar-refractivity contribution in [1.29, 1.82) is 0 Å². The quantitative estimate of drug-likeness (QED) is 0.150. The van der Waals surface area contributed by atoms with Gasteiger partial charge in [-0.05, 0) is 64.3 Å². The summed E-state index contributed by atoms with van der Waals surface area (Å²) in [6.07, 6.45) is 1.06. The number of benzene rings is 3. The molecule has 0 bridgehead atoms. The summed E-state index contributed by atoms with van der Waals surface area (Å²) in [5, 5.41) is 2.39. The molecule has 0 radical (unpaired) electrons. The summed E-state index contributed by atoms with van der Waals surface area (Å²) in [5.41, 5.74) is 1.71. The summed E-state index contributed by atoms with van der Waals surface area (Å²) in [5.74, 6) is -1.30. The van der Waals surface area contributed by atoms with Crippen molar-refractivity contribution in [2.24, 2.45) is 0 Å². The Morgan fingerprint density at radius 2 is 1.80 bits per heavy atom. The first kappa shape index (κ1) is 28.5. The number of carbonyl (C=O) groups is 2. The third kappa shape index (κ3) is 5.74. The van der Waals surface area contributed by atoms with Crippen molar-refractivity contribution in [2.75, 3.05) is 12.4 Å². The van der Waals surface area contributed by atoms with Crippen LogP contribution in [0.25, 0.3) is 11.0 Å². The number of nitrogens with zero attached hydrogens (tertiary/aromatic N) is 2. The maximum Gasteiger partial charge on any atom is 0.276 e. The normalized spacial score (nSPS) is 11.4. The predicted octanol–water partition coefficient (Wildman–Crippen LogP) is 6.41. The van der Waals surface area contributed by atoms with E-state index in [0.717, 1.165) is 11.8 Å². The van der Waals surface area contributed by atoms with Gasteiger partial charge in [0.1, 0.15) is 11.3 Å². The number of amides is 1. The Morgan fingerprint density at radius 3 is 2.54 bits per heavy atom. The van der Waals surface area contributed by atoms with Gasteiger partial charge >= 0.3 is 0 Å². The van der Waals surface area contributed by atoms with Crippen LogP contribution in [0.4, 0.5) is 5.69 Å². The van der Waals surface area contributed by atoms with Gasteiger partial charge in [-0.15, -0.1) is 0 Å². The zero-order chi connectivity index (χ0) is 29.3. The van der Waals surface area contributed by atoms with Gasteiger partial charge in [-0.1, -0.05) is 48.0 Å². The lowest BCUT2D eigenvalue weighted by Gasteiger charge is -2.10. The van der Waals surface area contributed by atoms with Crippen molar-refractivity contribution in [3.63, 3.8) is 0 Å². The number of halogens is 2. The summed E-state index contributed by atoms with van der Waals surface area (Å²) in [4.78, 5) is 34.9. The molecule has 208 valence electrons. The van der Waals surface area contributed by atoms with Gasteiger partial charge in [0.25, 0.3) is 5.91 Å². The first-order chi connectivity index (χ1) is 19.6. The molecule has 1 N–H and O–H groups in total. The van der Waals surface area contributed by atoms with Crippen molar-refractivity contribution in [3.05, 3.63) is 111 Å². The lowest BCUT2D eigenvalue weighted by molar-refractivity contribution is 0.101. The topological polar surface area (TPSA) is 128 Å². The van der Waals surface area contributed by atoms with Crippen LogP contribution in [0.2, 0.25) is 5.02 Å². The molecule has 0 aliphatic rings. The lowest BCUT2D eigenvalue weighted by Crippen LogP contribution is -2.19. The molecule has 3 aromatic carbocycles. The van der Waals surface area contributed by atoms with Crippen LogP contribution in [0.1, 0.15) is 37.7 Å². The Labute approximate surface area is 248 Å². The number of aromatic nitrogens is 2. The second-order valence-electron chi connectivity index (χ2n) is 8.97. The van der Waals surface area contributed by atoms with Crippen LogP contribution >= 0.6 is 27.5 Å².